The first kappa shape index (κ1) is 15.8. The molecule has 2 aromatic heterocycles. The SMILES string of the molecule is COC[C@@H]1CN(C(=O)c2ccc3ncccc3c2)Cc2cncn2C1. The van der Waals surface area contributed by atoms with E-state index in [-0.39, 0.29) is 11.8 Å². The molecule has 4 rings (SSSR count). The molecule has 6 nitrogen and oxygen atoms in total. The van der Waals surface area contributed by atoms with Crippen LogP contribution in [0.15, 0.2) is 49.1 Å². The van der Waals surface area contributed by atoms with E-state index in [0.29, 0.717) is 25.3 Å². The number of methoxy groups -OCH3 is 1. The van der Waals surface area contributed by atoms with Crippen molar-refractivity contribution in [1.29, 1.82) is 0 Å². The van der Waals surface area contributed by atoms with Crippen molar-refractivity contribution in [2.75, 3.05) is 20.3 Å². The number of hydrogen-bond donors (Lipinski definition) is 0. The molecule has 0 radical (unpaired) electrons. The molecule has 0 saturated carbocycles. The molecule has 25 heavy (non-hydrogen) atoms. The number of rotatable bonds is 3. The van der Waals surface area contributed by atoms with Gasteiger partial charge in [-0.25, -0.2) is 4.98 Å². The van der Waals surface area contributed by atoms with Gasteiger partial charge in [-0.05, 0) is 24.3 Å². The molecule has 0 bridgehead atoms. The molecule has 3 heterocycles. The number of fused-ring (bicyclic) bond motifs is 2. The van der Waals surface area contributed by atoms with Crippen molar-refractivity contribution in [3.05, 3.63) is 60.3 Å². The second-order valence-electron chi connectivity index (χ2n) is 6.46. The number of pyridine rings is 1. The Kier molecular flexibility index (Phi) is 4.19. The van der Waals surface area contributed by atoms with Crippen LogP contribution < -0.4 is 0 Å². The Balaban J connectivity index is 1.65. The number of nitrogens with zero attached hydrogens (tertiary/aromatic N) is 4. The summed E-state index contributed by atoms with van der Waals surface area (Å²) in [5.74, 6) is 0.271. The van der Waals surface area contributed by atoms with E-state index in [9.17, 15) is 4.79 Å². The Bertz CT molecular complexity index is 905. The van der Waals surface area contributed by atoms with Crippen LogP contribution in [0.25, 0.3) is 10.9 Å². The molecule has 128 valence electrons. The van der Waals surface area contributed by atoms with Crippen LogP contribution in [-0.2, 0) is 17.8 Å². The smallest absolute Gasteiger partial charge is 0.254 e. The lowest BCUT2D eigenvalue weighted by molar-refractivity contribution is 0.0667. The van der Waals surface area contributed by atoms with Crippen LogP contribution >= 0.6 is 0 Å². The van der Waals surface area contributed by atoms with E-state index in [0.717, 1.165) is 23.1 Å². The standard InChI is InChI=1S/C19H20N4O2/c1-25-12-14-9-22(11-17-8-20-13-23(17)10-14)19(24)16-4-5-18-15(7-16)3-2-6-21-18/h2-8,13-14H,9-12H2,1H3/t14-/m1/s1. The summed E-state index contributed by atoms with van der Waals surface area (Å²) < 4.78 is 7.45. The van der Waals surface area contributed by atoms with Crippen molar-refractivity contribution in [3.63, 3.8) is 0 Å². The maximum Gasteiger partial charge on any atom is 0.254 e. The summed E-state index contributed by atoms with van der Waals surface area (Å²) in [7, 11) is 1.70. The molecule has 0 aliphatic carbocycles. The molecule has 0 N–H and O–H groups in total. The highest BCUT2D eigenvalue weighted by Crippen LogP contribution is 2.20. The zero-order valence-electron chi connectivity index (χ0n) is 14.1. The van der Waals surface area contributed by atoms with E-state index in [1.54, 1.807) is 13.3 Å². The van der Waals surface area contributed by atoms with Crippen molar-refractivity contribution in [2.24, 2.45) is 5.92 Å². The monoisotopic (exact) mass is 336 g/mol. The first-order valence-electron chi connectivity index (χ1n) is 8.36. The number of carbonyl (C=O) groups excluding carboxylic acids is 1. The van der Waals surface area contributed by atoms with Crippen molar-refractivity contribution in [2.45, 2.75) is 13.1 Å². The predicted molar refractivity (Wildman–Crippen MR) is 94.1 cm³/mol. The lowest BCUT2D eigenvalue weighted by Gasteiger charge is -2.24. The number of aromatic nitrogens is 3. The van der Waals surface area contributed by atoms with Crippen LogP contribution in [-0.4, -0.2) is 45.6 Å². The summed E-state index contributed by atoms with van der Waals surface area (Å²) >= 11 is 0. The summed E-state index contributed by atoms with van der Waals surface area (Å²) in [5, 5.41) is 0.974. The molecule has 0 spiro atoms. The molecule has 1 atom stereocenters. The fraction of sp³-hybridized carbons (Fsp3) is 0.316. The summed E-state index contributed by atoms with van der Waals surface area (Å²) in [6, 6.07) is 9.53. The van der Waals surface area contributed by atoms with Gasteiger partial charge >= 0.3 is 0 Å². The highest BCUT2D eigenvalue weighted by Gasteiger charge is 2.26. The van der Waals surface area contributed by atoms with Crippen molar-refractivity contribution in [3.8, 4) is 0 Å². The van der Waals surface area contributed by atoms with Crippen LogP contribution in [0.4, 0.5) is 0 Å². The van der Waals surface area contributed by atoms with Gasteiger partial charge in [0.2, 0.25) is 0 Å². The Hall–Kier alpha value is -2.73. The quantitative estimate of drug-likeness (QED) is 0.737. The molecular weight excluding hydrogens is 316 g/mol. The van der Waals surface area contributed by atoms with Gasteiger partial charge in [-0.15, -0.1) is 0 Å². The van der Waals surface area contributed by atoms with E-state index < -0.39 is 0 Å². The number of amides is 1. The Morgan fingerprint density at radius 2 is 2.24 bits per heavy atom. The van der Waals surface area contributed by atoms with E-state index in [4.69, 9.17) is 4.74 Å². The normalized spacial score (nSPS) is 17.3. The van der Waals surface area contributed by atoms with Crippen LogP contribution in [0, 0.1) is 5.92 Å². The van der Waals surface area contributed by atoms with Gasteiger partial charge in [0, 0.05) is 49.5 Å². The molecule has 0 saturated heterocycles. The Morgan fingerprint density at radius 3 is 3.12 bits per heavy atom. The van der Waals surface area contributed by atoms with E-state index in [2.05, 4.69) is 14.5 Å². The van der Waals surface area contributed by atoms with Crippen LogP contribution in [0.2, 0.25) is 0 Å². The number of imidazole rings is 1. The van der Waals surface area contributed by atoms with Crippen molar-refractivity contribution >= 4 is 16.8 Å². The van der Waals surface area contributed by atoms with Gasteiger partial charge in [0.05, 0.1) is 30.7 Å². The van der Waals surface area contributed by atoms with Gasteiger partial charge in [-0.3, -0.25) is 9.78 Å². The molecular formula is C19H20N4O2. The number of benzene rings is 1. The molecule has 6 heteroatoms. The fourth-order valence-electron chi connectivity index (χ4n) is 3.44. The van der Waals surface area contributed by atoms with Crippen LogP contribution in [0.5, 0.6) is 0 Å². The fourth-order valence-corrected chi connectivity index (χ4v) is 3.44. The lowest BCUT2D eigenvalue weighted by atomic mass is 10.1. The lowest BCUT2D eigenvalue weighted by Crippen LogP contribution is -2.35. The van der Waals surface area contributed by atoms with E-state index in [1.807, 2.05) is 47.8 Å². The molecule has 1 aromatic carbocycles. The number of hydrogen-bond acceptors (Lipinski definition) is 4. The third-order valence-corrected chi connectivity index (χ3v) is 4.62. The number of carbonyl (C=O) groups is 1. The third-order valence-electron chi connectivity index (χ3n) is 4.62. The summed E-state index contributed by atoms with van der Waals surface area (Å²) in [6.45, 7) is 2.65. The zero-order chi connectivity index (χ0) is 17.2. The molecule has 0 fully saturated rings. The summed E-state index contributed by atoms with van der Waals surface area (Å²) in [5.41, 5.74) is 2.63. The number of ether oxygens (including phenoxy) is 1. The molecule has 3 aromatic rings. The first-order valence-corrected chi connectivity index (χ1v) is 8.36. The van der Waals surface area contributed by atoms with E-state index in [1.165, 1.54) is 0 Å². The molecule has 1 aliphatic heterocycles. The maximum atomic E-state index is 13.1. The van der Waals surface area contributed by atoms with Crippen molar-refractivity contribution < 1.29 is 9.53 Å². The Morgan fingerprint density at radius 1 is 1.32 bits per heavy atom. The minimum atomic E-state index is 0.0292. The van der Waals surface area contributed by atoms with Gasteiger partial charge in [-0.2, -0.15) is 0 Å². The highest BCUT2D eigenvalue weighted by molar-refractivity contribution is 5.97. The maximum absolute atomic E-state index is 13.1. The largest absolute Gasteiger partial charge is 0.384 e. The second kappa shape index (κ2) is 6.64. The molecule has 0 unspecified atom stereocenters. The molecule has 1 aliphatic rings. The van der Waals surface area contributed by atoms with Gasteiger partial charge in [-0.1, -0.05) is 6.07 Å². The second-order valence-corrected chi connectivity index (χ2v) is 6.46. The predicted octanol–water partition coefficient (Wildman–Crippen LogP) is 2.35. The van der Waals surface area contributed by atoms with Crippen molar-refractivity contribution in [1.82, 2.24) is 19.4 Å². The van der Waals surface area contributed by atoms with Gasteiger partial charge in [0.1, 0.15) is 0 Å². The van der Waals surface area contributed by atoms with Gasteiger partial charge < -0.3 is 14.2 Å². The van der Waals surface area contributed by atoms with Gasteiger partial charge in [0.25, 0.3) is 5.91 Å². The zero-order valence-corrected chi connectivity index (χ0v) is 14.1. The summed E-state index contributed by atoms with van der Waals surface area (Å²) in [4.78, 5) is 23.5. The highest BCUT2D eigenvalue weighted by atomic mass is 16.5. The topological polar surface area (TPSA) is 60.2 Å². The minimum absolute atomic E-state index is 0.0292. The van der Waals surface area contributed by atoms with Crippen LogP contribution in [0.1, 0.15) is 16.1 Å². The first-order chi connectivity index (χ1) is 12.2. The average Bonchev–Trinajstić information content (AvgIpc) is 2.99. The average molecular weight is 336 g/mol. The Labute approximate surface area is 146 Å². The summed E-state index contributed by atoms with van der Waals surface area (Å²) in [6.07, 6.45) is 5.42. The van der Waals surface area contributed by atoms with Gasteiger partial charge in [0.15, 0.2) is 0 Å². The molecule has 1 amide bonds. The van der Waals surface area contributed by atoms with Crippen LogP contribution in [0.3, 0.4) is 0 Å². The third kappa shape index (κ3) is 3.13. The van der Waals surface area contributed by atoms with E-state index >= 15 is 0 Å². The minimum Gasteiger partial charge on any atom is -0.384 e.